The molecule has 11 heteroatoms. The number of esters is 1. The van der Waals surface area contributed by atoms with Crippen LogP contribution in [0.3, 0.4) is 0 Å². The summed E-state index contributed by atoms with van der Waals surface area (Å²) in [7, 11) is 1.53. The molecule has 0 N–H and O–H groups in total. The fraction of sp³-hybridized carbons (Fsp3) is 0.323. The zero-order valence-electron chi connectivity index (χ0n) is 24.3. The van der Waals surface area contributed by atoms with E-state index in [0.29, 0.717) is 43.5 Å². The van der Waals surface area contributed by atoms with E-state index in [0.717, 1.165) is 11.3 Å². The van der Waals surface area contributed by atoms with Crippen LogP contribution < -0.4 is 29.4 Å². The Kier molecular flexibility index (Phi) is 8.13. The number of para-hydroxylation sites is 1. The van der Waals surface area contributed by atoms with Crippen molar-refractivity contribution in [3.8, 4) is 11.5 Å². The number of hydrogen-bond donors (Lipinski definition) is 0. The van der Waals surface area contributed by atoms with E-state index in [1.807, 2.05) is 32.0 Å². The van der Waals surface area contributed by atoms with Crippen molar-refractivity contribution in [2.75, 3.05) is 18.7 Å². The van der Waals surface area contributed by atoms with Crippen LogP contribution >= 0.6 is 11.3 Å². The summed E-state index contributed by atoms with van der Waals surface area (Å²) in [6.07, 6.45) is 1.55. The lowest BCUT2D eigenvalue weighted by molar-refractivity contribution is -0.139. The van der Waals surface area contributed by atoms with Crippen LogP contribution in [0.25, 0.3) is 6.08 Å². The molecule has 5 rings (SSSR count). The topological polar surface area (TPSA) is 112 Å². The molecule has 0 aliphatic carbocycles. The number of hydrazone groups is 1. The summed E-state index contributed by atoms with van der Waals surface area (Å²) in [6, 6.07) is 13.6. The predicted octanol–water partition coefficient (Wildman–Crippen LogP) is 3.58. The van der Waals surface area contributed by atoms with Crippen LogP contribution in [0.15, 0.2) is 74.7 Å². The number of anilines is 1. The van der Waals surface area contributed by atoms with Crippen molar-refractivity contribution in [2.45, 2.75) is 46.8 Å². The van der Waals surface area contributed by atoms with Crippen molar-refractivity contribution < 1.29 is 23.8 Å². The van der Waals surface area contributed by atoms with E-state index in [4.69, 9.17) is 14.2 Å². The van der Waals surface area contributed by atoms with Gasteiger partial charge in [0.2, 0.25) is 0 Å². The molecule has 3 aromatic rings. The van der Waals surface area contributed by atoms with Crippen LogP contribution in [-0.2, 0) is 14.3 Å². The highest BCUT2D eigenvalue weighted by atomic mass is 32.1. The van der Waals surface area contributed by atoms with E-state index in [1.54, 1.807) is 57.2 Å². The van der Waals surface area contributed by atoms with E-state index in [-0.39, 0.29) is 29.8 Å². The average Bonchev–Trinajstić information content (AvgIpc) is 3.42. The Morgan fingerprint density at radius 2 is 1.83 bits per heavy atom. The van der Waals surface area contributed by atoms with E-state index in [1.165, 1.54) is 16.7 Å². The van der Waals surface area contributed by atoms with Crippen molar-refractivity contribution in [3.05, 3.63) is 85.1 Å². The number of allylic oxidation sites excluding steroid dienone is 1. The van der Waals surface area contributed by atoms with Crippen LogP contribution in [0.1, 0.15) is 46.2 Å². The molecular formula is C31H32N4O6S. The van der Waals surface area contributed by atoms with Gasteiger partial charge in [-0.25, -0.2) is 9.79 Å². The molecule has 0 saturated heterocycles. The quantitative estimate of drug-likeness (QED) is 0.372. The van der Waals surface area contributed by atoms with Crippen LogP contribution in [0.4, 0.5) is 5.69 Å². The zero-order valence-corrected chi connectivity index (χ0v) is 25.1. The van der Waals surface area contributed by atoms with Gasteiger partial charge in [0.05, 0.1) is 53.1 Å². The summed E-state index contributed by atoms with van der Waals surface area (Å²) >= 11 is 1.16. The first-order valence-electron chi connectivity index (χ1n) is 13.6. The number of thiazole rings is 1. The Hall–Kier alpha value is -4.51. The normalized spacial score (nSPS) is 18.6. The van der Waals surface area contributed by atoms with Crippen LogP contribution in [0.2, 0.25) is 0 Å². The van der Waals surface area contributed by atoms with Gasteiger partial charge in [-0.1, -0.05) is 35.6 Å². The number of carbonyl (C=O) groups excluding carboxylic acids is 2. The number of nitrogens with zero attached hydrogens (tertiary/aromatic N) is 4. The van der Waals surface area contributed by atoms with Crippen molar-refractivity contribution in [2.24, 2.45) is 16.0 Å². The van der Waals surface area contributed by atoms with Gasteiger partial charge in [0, 0.05) is 0 Å². The fourth-order valence-corrected chi connectivity index (χ4v) is 6.06. The number of fused-ring (bicyclic) bond motifs is 1. The Morgan fingerprint density at radius 3 is 2.50 bits per heavy atom. The number of rotatable bonds is 8. The molecule has 10 nitrogen and oxygen atoms in total. The lowest BCUT2D eigenvalue weighted by Gasteiger charge is -2.25. The summed E-state index contributed by atoms with van der Waals surface area (Å²) in [5, 5.41) is 5.81. The van der Waals surface area contributed by atoms with Crippen molar-refractivity contribution in [1.82, 2.24) is 4.57 Å². The maximum atomic E-state index is 14.0. The first kappa shape index (κ1) is 29.0. The van der Waals surface area contributed by atoms with Gasteiger partial charge in [-0.2, -0.15) is 10.1 Å². The number of ether oxygens (including phenoxy) is 3. The number of hydrogen-bond acceptors (Lipinski definition) is 9. The van der Waals surface area contributed by atoms with Crippen LogP contribution in [0.5, 0.6) is 11.5 Å². The maximum Gasteiger partial charge on any atom is 0.338 e. The Bertz CT molecular complexity index is 1790. The fourth-order valence-electron chi connectivity index (χ4n) is 5.00. The zero-order chi connectivity index (χ0) is 30.1. The Labute approximate surface area is 246 Å². The minimum absolute atomic E-state index is 0.0808. The summed E-state index contributed by atoms with van der Waals surface area (Å²) < 4.78 is 18.7. The maximum absolute atomic E-state index is 14.0. The minimum Gasteiger partial charge on any atom is -0.493 e. The molecule has 0 bridgehead atoms. The van der Waals surface area contributed by atoms with Crippen molar-refractivity contribution >= 4 is 40.7 Å². The monoisotopic (exact) mass is 588 g/mol. The molecule has 3 heterocycles. The first-order valence-corrected chi connectivity index (χ1v) is 14.4. The van der Waals surface area contributed by atoms with Gasteiger partial charge in [0.15, 0.2) is 16.3 Å². The molecule has 42 heavy (non-hydrogen) atoms. The third-order valence-corrected chi connectivity index (χ3v) is 7.89. The highest BCUT2D eigenvalue weighted by Gasteiger charge is 2.36. The molecule has 2 aromatic carbocycles. The molecule has 0 unspecified atom stereocenters. The van der Waals surface area contributed by atoms with Crippen LogP contribution in [-0.4, -0.2) is 42.0 Å². The van der Waals surface area contributed by atoms with Crippen molar-refractivity contribution in [1.29, 1.82) is 0 Å². The van der Waals surface area contributed by atoms with Crippen LogP contribution in [0, 0.1) is 5.92 Å². The third-order valence-electron chi connectivity index (χ3n) is 6.88. The van der Waals surface area contributed by atoms with Gasteiger partial charge in [0.25, 0.3) is 11.5 Å². The largest absolute Gasteiger partial charge is 0.493 e. The summed E-state index contributed by atoms with van der Waals surface area (Å²) in [5.74, 6) is -0.532. The van der Waals surface area contributed by atoms with E-state index >= 15 is 0 Å². The van der Waals surface area contributed by atoms with Gasteiger partial charge in [0.1, 0.15) is 5.92 Å². The Morgan fingerprint density at radius 1 is 1.10 bits per heavy atom. The molecule has 0 spiro atoms. The molecule has 0 fully saturated rings. The molecule has 2 aliphatic heterocycles. The molecule has 1 amide bonds. The Balaban J connectivity index is 1.64. The standard InChI is InChI=1S/C31H32N4O6S/c1-7-40-30(38)26-19(5)32-31-34(27(26)20-13-14-23(41-17(2)3)24(15-20)39-6)29(37)25(42-31)16-22-18(4)33-35(28(22)36)21-11-9-8-10-12-21/h8-17,22,27H,7H2,1-6H3/b25-16-/t22-,27+/m1/s1. The second kappa shape index (κ2) is 11.8. The van der Waals surface area contributed by atoms with Crippen molar-refractivity contribution in [3.63, 3.8) is 0 Å². The van der Waals surface area contributed by atoms with Gasteiger partial charge < -0.3 is 14.2 Å². The molecule has 218 valence electrons. The first-order chi connectivity index (χ1) is 20.1. The number of benzene rings is 2. The molecule has 0 radical (unpaired) electrons. The van der Waals surface area contributed by atoms with Gasteiger partial charge in [-0.05, 0) is 70.5 Å². The minimum atomic E-state index is -0.834. The summed E-state index contributed by atoms with van der Waals surface area (Å²) in [5.41, 5.74) is 2.15. The molecule has 1 aromatic heterocycles. The smallest absolute Gasteiger partial charge is 0.338 e. The molecule has 2 aliphatic rings. The van der Waals surface area contributed by atoms with Gasteiger partial charge in [-0.15, -0.1) is 0 Å². The van der Waals surface area contributed by atoms with E-state index in [2.05, 4.69) is 10.1 Å². The lowest BCUT2D eigenvalue weighted by Crippen LogP contribution is -2.40. The van der Waals surface area contributed by atoms with E-state index in [9.17, 15) is 14.4 Å². The molecule has 0 saturated carbocycles. The second-order valence-electron chi connectivity index (χ2n) is 10.1. The number of aromatic nitrogens is 1. The molecule has 2 atom stereocenters. The molecular weight excluding hydrogens is 556 g/mol. The second-order valence-corrected chi connectivity index (χ2v) is 11.1. The number of carbonyl (C=O) groups is 2. The third kappa shape index (κ3) is 5.27. The SMILES string of the molecule is CCOC(=O)C1=C(C)N=c2s/c(=C\[C@H]3C(=O)N(c4ccccc4)N=C3C)c(=O)n2[C@H]1c1ccc(OC(C)C)c(OC)c1. The highest BCUT2D eigenvalue weighted by molar-refractivity contribution is 7.07. The number of amides is 1. The predicted molar refractivity (Wildman–Crippen MR) is 161 cm³/mol. The van der Waals surface area contributed by atoms with Gasteiger partial charge >= 0.3 is 5.97 Å². The lowest BCUT2D eigenvalue weighted by atomic mass is 9.95. The highest BCUT2D eigenvalue weighted by Crippen LogP contribution is 2.36. The average molecular weight is 589 g/mol. The van der Waals surface area contributed by atoms with Gasteiger partial charge in [-0.3, -0.25) is 14.2 Å². The summed E-state index contributed by atoms with van der Waals surface area (Å²) in [6.45, 7) is 9.20. The van der Waals surface area contributed by atoms with E-state index < -0.39 is 17.9 Å². The summed E-state index contributed by atoms with van der Waals surface area (Å²) in [4.78, 5) is 45.7. The number of methoxy groups -OCH3 is 1.